The van der Waals surface area contributed by atoms with E-state index in [0.29, 0.717) is 16.6 Å². The van der Waals surface area contributed by atoms with E-state index >= 15 is 0 Å². The first kappa shape index (κ1) is 17.2. The van der Waals surface area contributed by atoms with Crippen molar-refractivity contribution in [1.82, 2.24) is 9.97 Å². The smallest absolute Gasteiger partial charge is 0.350 e. The number of hydrogen-bond acceptors (Lipinski definition) is 7. The molecule has 122 valence electrons. The molecule has 23 heavy (non-hydrogen) atoms. The van der Waals surface area contributed by atoms with Crippen molar-refractivity contribution < 1.29 is 19.4 Å². The fraction of sp³-hybridized carbons (Fsp3) is 0.312. The van der Waals surface area contributed by atoms with Crippen LogP contribution >= 0.6 is 11.8 Å². The average Bonchev–Trinajstić information content (AvgIpc) is 2.60. The molecule has 0 radical (unpaired) electrons. The van der Waals surface area contributed by atoms with Crippen molar-refractivity contribution in [3.63, 3.8) is 0 Å². The molecule has 1 heterocycles. The number of hydrogen-bond donors (Lipinski definition) is 1. The Hall–Kier alpha value is -2.12. The van der Waals surface area contributed by atoms with E-state index in [9.17, 15) is 9.90 Å². The maximum atomic E-state index is 12.0. The number of nitrogens with zero attached hydrogens (tertiary/aromatic N) is 2. The lowest BCUT2D eigenvalue weighted by Gasteiger charge is -2.22. The largest absolute Gasteiger partial charge is 0.475 e. The number of methoxy groups -OCH3 is 1. The summed E-state index contributed by atoms with van der Waals surface area (Å²) in [6.07, 6.45) is 0.869. The van der Waals surface area contributed by atoms with Crippen LogP contribution in [0.5, 0.6) is 5.75 Å². The van der Waals surface area contributed by atoms with Crippen molar-refractivity contribution in [2.75, 3.05) is 13.4 Å². The van der Waals surface area contributed by atoms with Crippen molar-refractivity contribution >= 4 is 17.7 Å². The second-order valence-corrected chi connectivity index (χ2v) is 5.51. The minimum absolute atomic E-state index is 0.299. The summed E-state index contributed by atoms with van der Waals surface area (Å²) >= 11 is 1.34. The number of aliphatic hydroxyl groups excluding tert-OH is 1. The lowest BCUT2D eigenvalue weighted by atomic mass is 10.1. The van der Waals surface area contributed by atoms with Gasteiger partial charge in [0.2, 0.25) is 6.10 Å². The van der Waals surface area contributed by atoms with E-state index in [0.717, 1.165) is 5.56 Å². The highest BCUT2D eigenvalue weighted by Crippen LogP contribution is 2.25. The minimum atomic E-state index is -1.27. The Morgan fingerprint density at radius 2 is 2.04 bits per heavy atom. The lowest BCUT2D eigenvalue weighted by Crippen LogP contribution is -2.35. The highest BCUT2D eigenvalue weighted by atomic mass is 32.2. The summed E-state index contributed by atoms with van der Waals surface area (Å²) in [5, 5.41) is 11.0. The molecule has 0 amide bonds. The number of benzene rings is 1. The van der Waals surface area contributed by atoms with Gasteiger partial charge in [0.1, 0.15) is 11.9 Å². The molecule has 1 N–H and O–H groups in total. The third-order valence-corrected chi connectivity index (χ3v) is 3.77. The van der Waals surface area contributed by atoms with Crippen LogP contribution in [0.3, 0.4) is 0 Å². The molecule has 0 aliphatic rings. The second-order valence-electron chi connectivity index (χ2n) is 4.74. The van der Waals surface area contributed by atoms with E-state index in [1.807, 2.05) is 25.3 Å². The van der Waals surface area contributed by atoms with E-state index < -0.39 is 18.2 Å². The van der Waals surface area contributed by atoms with E-state index in [-0.39, 0.29) is 0 Å². The predicted molar refractivity (Wildman–Crippen MR) is 86.4 cm³/mol. The molecule has 0 saturated carbocycles. The molecule has 7 heteroatoms. The standard InChI is InChI=1S/C16H18N2O4S/c1-10-6-4-5-7-12(10)22-14(15(20)21-2)13(19)11-8-9-17-16(18-11)23-3/h4-9,13-14,19H,1-3H3. The summed E-state index contributed by atoms with van der Waals surface area (Å²) in [6, 6.07) is 8.78. The van der Waals surface area contributed by atoms with Crippen LogP contribution in [0.2, 0.25) is 0 Å². The van der Waals surface area contributed by atoms with Gasteiger partial charge in [-0.15, -0.1) is 0 Å². The second kappa shape index (κ2) is 7.94. The third-order valence-electron chi connectivity index (χ3n) is 3.21. The van der Waals surface area contributed by atoms with Crippen molar-refractivity contribution in [2.45, 2.75) is 24.3 Å². The van der Waals surface area contributed by atoms with Gasteiger partial charge >= 0.3 is 5.97 Å². The van der Waals surface area contributed by atoms with Crippen LogP contribution in [0.25, 0.3) is 0 Å². The molecule has 0 spiro atoms. The molecular formula is C16H18N2O4S. The van der Waals surface area contributed by atoms with Gasteiger partial charge in [-0.25, -0.2) is 14.8 Å². The number of thioether (sulfide) groups is 1. The summed E-state index contributed by atoms with van der Waals surface area (Å²) in [6.45, 7) is 1.85. The minimum Gasteiger partial charge on any atom is -0.475 e. The fourth-order valence-corrected chi connectivity index (χ4v) is 2.32. The van der Waals surface area contributed by atoms with Gasteiger partial charge in [-0.1, -0.05) is 30.0 Å². The zero-order valence-electron chi connectivity index (χ0n) is 13.1. The molecule has 2 unspecified atom stereocenters. The Morgan fingerprint density at radius 1 is 1.30 bits per heavy atom. The number of aromatic nitrogens is 2. The van der Waals surface area contributed by atoms with Crippen LogP contribution in [0.4, 0.5) is 0 Å². The number of carbonyl (C=O) groups excluding carboxylic acids is 1. The Morgan fingerprint density at radius 3 is 2.70 bits per heavy atom. The van der Waals surface area contributed by atoms with Crippen molar-refractivity contribution in [3.05, 3.63) is 47.8 Å². The zero-order chi connectivity index (χ0) is 16.8. The summed E-state index contributed by atoms with van der Waals surface area (Å²) in [7, 11) is 1.25. The first-order chi connectivity index (χ1) is 11.1. The average molecular weight is 334 g/mol. The van der Waals surface area contributed by atoms with Gasteiger partial charge in [-0.3, -0.25) is 0 Å². The van der Waals surface area contributed by atoms with Gasteiger partial charge in [0.15, 0.2) is 5.16 Å². The summed E-state index contributed by atoms with van der Waals surface area (Å²) in [5.41, 5.74) is 1.15. The zero-order valence-corrected chi connectivity index (χ0v) is 13.9. The van der Waals surface area contributed by atoms with Gasteiger partial charge in [0.05, 0.1) is 12.8 Å². The van der Waals surface area contributed by atoms with Crippen LogP contribution in [0, 0.1) is 6.92 Å². The van der Waals surface area contributed by atoms with Crippen molar-refractivity contribution in [3.8, 4) is 5.75 Å². The van der Waals surface area contributed by atoms with E-state index in [1.54, 1.807) is 18.2 Å². The molecular weight excluding hydrogens is 316 g/mol. The topological polar surface area (TPSA) is 81.5 Å². The Bertz CT molecular complexity index is 681. The number of rotatable bonds is 6. The summed E-state index contributed by atoms with van der Waals surface area (Å²) in [4.78, 5) is 20.3. The summed E-state index contributed by atoms with van der Waals surface area (Å²) in [5.74, 6) is -0.175. The molecule has 0 bridgehead atoms. The molecule has 2 aromatic rings. The molecule has 0 aliphatic carbocycles. The van der Waals surface area contributed by atoms with Crippen LogP contribution in [-0.4, -0.2) is 40.5 Å². The molecule has 6 nitrogen and oxygen atoms in total. The maximum absolute atomic E-state index is 12.0. The molecule has 0 saturated heterocycles. The lowest BCUT2D eigenvalue weighted by molar-refractivity contribution is -0.154. The number of carbonyl (C=O) groups is 1. The first-order valence-electron chi connectivity index (χ1n) is 6.92. The number of aryl methyl sites for hydroxylation is 1. The number of para-hydroxylation sites is 1. The molecule has 0 fully saturated rings. The number of aliphatic hydroxyl groups is 1. The highest BCUT2D eigenvalue weighted by Gasteiger charge is 2.32. The van der Waals surface area contributed by atoms with Gasteiger partial charge in [0, 0.05) is 6.20 Å². The van der Waals surface area contributed by atoms with E-state index in [1.165, 1.54) is 25.1 Å². The van der Waals surface area contributed by atoms with Crippen molar-refractivity contribution in [1.29, 1.82) is 0 Å². The fourth-order valence-electron chi connectivity index (χ4n) is 1.96. The Labute approximate surface area is 138 Å². The van der Waals surface area contributed by atoms with Gasteiger partial charge in [0.25, 0.3) is 0 Å². The normalized spacial score (nSPS) is 13.2. The van der Waals surface area contributed by atoms with Gasteiger partial charge in [-0.2, -0.15) is 0 Å². The SMILES string of the molecule is COC(=O)C(Oc1ccccc1C)C(O)c1ccnc(SC)n1. The molecule has 0 aliphatic heterocycles. The predicted octanol–water partition coefficient (Wildman–Crippen LogP) is 2.16. The van der Waals surface area contributed by atoms with Gasteiger partial charge in [-0.05, 0) is 30.9 Å². The maximum Gasteiger partial charge on any atom is 0.350 e. The molecule has 1 aromatic heterocycles. The first-order valence-corrected chi connectivity index (χ1v) is 8.14. The Kier molecular flexibility index (Phi) is 5.95. The van der Waals surface area contributed by atoms with Crippen molar-refractivity contribution in [2.24, 2.45) is 0 Å². The van der Waals surface area contributed by atoms with Crippen LogP contribution in [-0.2, 0) is 9.53 Å². The van der Waals surface area contributed by atoms with E-state index in [2.05, 4.69) is 9.97 Å². The quantitative estimate of drug-likeness (QED) is 0.492. The number of esters is 1. The molecule has 1 aromatic carbocycles. The molecule has 2 atom stereocenters. The monoisotopic (exact) mass is 334 g/mol. The van der Waals surface area contributed by atoms with Crippen LogP contribution in [0.15, 0.2) is 41.7 Å². The summed E-state index contributed by atoms with van der Waals surface area (Å²) < 4.78 is 10.4. The highest BCUT2D eigenvalue weighted by molar-refractivity contribution is 7.98. The van der Waals surface area contributed by atoms with E-state index in [4.69, 9.17) is 9.47 Å². The third kappa shape index (κ3) is 4.20. The van der Waals surface area contributed by atoms with Gasteiger partial charge < -0.3 is 14.6 Å². The van der Waals surface area contributed by atoms with Crippen LogP contribution < -0.4 is 4.74 Å². The molecule has 2 rings (SSSR count). The number of ether oxygens (including phenoxy) is 2. The van der Waals surface area contributed by atoms with Crippen LogP contribution in [0.1, 0.15) is 17.4 Å². The Balaban J connectivity index is 2.30.